The highest BCUT2D eigenvalue weighted by molar-refractivity contribution is 6.44. The zero-order valence-electron chi connectivity index (χ0n) is 22.9. The maximum Gasteiger partial charge on any atom is 0.419 e. The monoisotopic (exact) mass is 567 g/mol. The van der Waals surface area contributed by atoms with Crippen molar-refractivity contribution in [2.45, 2.75) is 52.4 Å². The molecular formula is C27H31F4N4O5+. The summed E-state index contributed by atoms with van der Waals surface area (Å²) in [5.74, 6) is -3.03. The Morgan fingerprint density at radius 3 is 2.30 bits per heavy atom. The molecule has 1 aromatic heterocycles. The van der Waals surface area contributed by atoms with E-state index < -0.39 is 59.3 Å². The van der Waals surface area contributed by atoms with Crippen LogP contribution in [-0.2, 0) is 27.5 Å². The van der Waals surface area contributed by atoms with Gasteiger partial charge in [-0.2, -0.15) is 13.2 Å². The number of rotatable bonds is 9. The number of esters is 1. The van der Waals surface area contributed by atoms with Crippen LogP contribution in [0.4, 0.5) is 23.2 Å². The first kappa shape index (κ1) is 32.0. The molecule has 0 radical (unpaired) electrons. The van der Waals surface area contributed by atoms with E-state index in [9.17, 15) is 36.7 Å². The van der Waals surface area contributed by atoms with E-state index in [2.05, 4.69) is 22.3 Å². The Balaban J connectivity index is 2.29. The number of alkyl halides is 3. The van der Waals surface area contributed by atoms with Crippen LogP contribution < -0.4 is 16.4 Å². The summed E-state index contributed by atoms with van der Waals surface area (Å²) in [4.78, 5) is 51.2. The molecule has 2 amide bonds. The van der Waals surface area contributed by atoms with Gasteiger partial charge in [0.1, 0.15) is 23.7 Å². The summed E-state index contributed by atoms with van der Waals surface area (Å²) in [5.41, 5.74) is 0.312. The molecule has 2 aromatic rings. The van der Waals surface area contributed by atoms with Crippen LogP contribution in [0, 0.1) is 37.9 Å². The average molecular weight is 568 g/mol. The van der Waals surface area contributed by atoms with Gasteiger partial charge in [0.05, 0.1) is 11.1 Å². The number of quaternary nitrogens is 1. The first-order valence-corrected chi connectivity index (χ1v) is 12.0. The van der Waals surface area contributed by atoms with Gasteiger partial charge in [-0.25, -0.2) is 9.18 Å². The summed E-state index contributed by atoms with van der Waals surface area (Å²) >= 11 is 0. The van der Waals surface area contributed by atoms with Gasteiger partial charge in [0, 0.05) is 24.3 Å². The van der Waals surface area contributed by atoms with Crippen LogP contribution in [-0.4, -0.2) is 46.3 Å². The molecule has 0 unspecified atom stereocenters. The van der Waals surface area contributed by atoms with Crippen molar-refractivity contribution in [3.8, 4) is 12.3 Å². The third-order valence-electron chi connectivity index (χ3n) is 6.43. The predicted molar refractivity (Wildman–Crippen MR) is 136 cm³/mol. The Kier molecular flexibility index (Phi) is 9.54. The van der Waals surface area contributed by atoms with E-state index in [1.54, 1.807) is 13.8 Å². The lowest BCUT2D eigenvalue weighted by Crippen LogP contribution is -2.68. The highest BCUT2D eigenvalue weighted by Crippen LogP contribution is 2.33. The van der Waals surface area contributed by atoms with Crippen LogP contribution in [0.2, 0.25) is 0 Å². The number of hydrogen-bond acceptors (Lipinski definition) is 5. The third kappa shape index (κ3) is 6.87. The number of anilines is 1. The molecule has 2 rings (SSSR count). The Bertz CT molecular complexity index is 1390. The zero-order chi connectivity index (χ0) is 30.7. The van der Waals surface area contributed by atoms with Gasteiger partial charge in [-0.15, -0.1) is 6.42 Å². The van der Waals surface area contributed by atoms with Gasteiger partial charge < -0.3 is 25.7 Å². The molecule has 0 saturated carbocycles. The van der Waals surface area contributed by atoms with Crippen molar-refractivity contribution in [3.05, 3.63) is 52.1 Å². The fourth-order valence-electron chi connectivity index (χ4n) is 3.77. The van der Waals surface area contributed by atoms with E-state index in [1.807, 2.05) is 0 Å². The highest BCUT2D eigenvalue weighted by atomic mass is 19.4. The standard InChI is InChI=1S/C27H30F4N4O5/c1-8-26(6,12-40-25(39)20(32)13(2)3)34-24(38)22(36)19-14(4)21(35(7)15(19)5)23(37)33-16-9-10-18(28)17(11-16)27(29,30)31/h1,9-11,13,20H,12,32H2,2-7H3,(H,33,37)(H,34,38)/p+1/t20-,26-/m0/s1. The topological polar surface area (TPSA) is 134 Å². The van der Waals surface area contributed by atoms with Crippen molar-refractivity contribution >= 4 is 29.3 Å². The smallest absolute Gasteiger partial charge is 0.419 e. The van der Waals surface area contributed by atoms with Gasteiger partial charge in [-0.3, -0.25) is 14.4 Å². The molecule has 0 spiro atoms. The molecule has 13 heteroatoms. The van der Waals surface area contributed by atoms with Crippen LogP contribution in [0.1, 0.15) is 58.4 Å². The first-order valence-electron chi connectivity index (χ1n) is 12.0. The van der Waals surface area contributed by atoms with E-state index in [0.29, 0.717) is 12.1 Å². The lowest BCUT2D eigenvalue weighted by Gasteiger charge is -2.25. The Morgan fingerprint density at radius 1 is 1.18 bits per heavy atom. The Hall–Kier alpha value is -4.18. The molecular weight excluding hydrogens is 536 g/mol. The second-order valence-corrected chi connectivity index (χ2v) is 9.86. The number of aromatic nitrogens is 1. The summed E-state index contributed by atoms with van der Waals surface area (Å²) in [6.45, 7) is 7.35. The van der Waals surface area contributed by atoms with E-state index in [-0.39, 0.29) is 34.1 Å². The normalized spacial score (nSPS) is 13.7. The van der Waals surface area contributed by atoms with Crippen LogP contribution >= 0.6 is 0 Å². The van der Waals surface area contributed by atoms with E-state index in [4.69, 9.17) is 11.2 Å². The Labute approximate surface area is 228 Å². The lowest BCUT2D eigenvalue weighted by molar-refractivity contribution is -0.418. The molecule has 40 heavy (non-hydrogen) atoms. The van der Waals surface area contributed by atoms with Crippen molar-refractivity contribution in [3.63, 3.8) is 0 Å². The minimum absolute atomic E-state index is 0.0708. The van der Waals surface area contributed by atoms with Crippen LogP contribution in [0.3, 0.4) is 0 Å². The van der Waals surface area contributed by atoms with Crippen molar-refractivity contribution in [1.29, 1.82) is 0 Å². The summed E-state index contributed by atoms with van der Waals surface area (Å²) in [5, 5.41) is 4.63. The molecule has 1 heterocycles. The molecule has 0 aliphatic carbocycles. The first-order chi connectivity index (χ1) is 18.3. The van der Waals surface area contributed by atoms with E-state index in [1.165, 1.54) is 32.4 Å². The predicted octanol–water partition coefficient (Wildman–Crippen LogP) is 2.55. The lowest BCUT2D eigenvalue weighted by atomic mass is 10.0. The summed E-state index contributed by atoms with van der Waals surface area (Å²) in [6, 6.07) is 1.30. The number of carbonyl (C=O) groups is 4. The van der Waals surface area contributed by atoms with Gasteiger partial charge in [0.15, 0.2) is 6.04 Å². The molecule has 0 aliphatic rings. The molecule has 0 saturated heterocycles. The largest absolute Gasteiger partial charge is 0.458 e. The molecule has 0 bridgehead atoms. The number of nitrogens with zero attached hydrogens (tertiary/aromatic N) is 1. The quantitative estimate of drug-likeness (QED) is 0.141. The third-order valence-corrected chi connectivity index (χ3v) is 6.43. The second-order valence-electron chi connectivity index (χ2n) is 9.86. The highest BCUT2D eigenvalue weighted by Gasteiger charge is 2.36. The van der Waals surface area contributed by atoms with E-state index in [0.717, 1.165) is 6.07 Å². The summed E-state index contributed by atoms with van der Waals surface area (Å²) in [7, 11) is 1.42. The number of benzene rings is 1. The zero-order valence-corrected chi connectivity index (χ0v) is 22.9. The maximum atomic E-state index is 13.6. The van der Waals surface area contributed by atoms with Crippen molar-refractivity contribution in [1.82, 2.24) is 9.88 Å². The van der Waals surface area contributed by atoms with Crippen molar-refractivity contribution in [2.75, 3.05) is 11.9 Å². The summed E-state index contributed by atoms with van der Waals surface area (Å²) in [6.07, 6.45) is 0.548. The number of nitrogens with one attached hydrogen (secondary N) is 2. The van der Waals surface area contributed by atoms with Gasteiger partial charge >= 0.3 is 12.1 Å². The van der Waals surface area contributed by atoms with Gasteiger partial charge in [-0.05, 0) is 44.5 Å². The minimum atomic E-state index is -4.98. The molecule has 9 nitrogen and oxygen atoms in total. The minimum Gasteiger partial charge on any atom is -0.458 e. The number of carbonyl (C=O) groups excluding carboxylic acids is 4. The summed E-state index contributed by atoms with van der Waals surface area (Å²) < 4.78 is 59.3. The molecule has 1 aromatic carbocycles. The van der Waals surface area contributed by atoms with Crippen molar-refractivity contribution in [2.24, 2.45) is 13.0 Å². The van der Waals surface area contributed by atoms with Gasteiger partial charge in [0.2, 0.25) is 0 Å². The number of amides is 2. The fraction of sp³-hybridized carbons (Fsp3) is 0.407. The molecule has 216 valence electrons. The van der Waals surface area contributed by atoms with E-state index >= 15 is 0 Å². The average Bonchev–Trinajstić information content (AvgIpc) is 3.09. The maximum absolute atomic E-state index is 13.6. The van der Waals surface area contributed by atoms with Gasteiger partial charge in [-0.1, -0.05) is 19.8 Å². The van der Waals surface area contributed by atoms with Crippen LogP contribution in [0.25, 0.3) is 0 Å². The number of hydrogen-bond donors (Lipinski definition) is 3. The molecule has 5 N–H and O–H groups in total. The number of terminal acetylenes is 1. The number of Topliss-reactive ketones (excluding diaryl/α,β-unsaturated/α-hetero) is 1. The van der Waals surface area contributed by atoms with Crippen LogP contribution in [0.15, 0.2) is 18.2 Å². The molecule has 0 aliphatic heterocycles. The fourth-order valence-corrected chi connectivity index (χ4v) is 3.77. The number of halogens is 4. The number of ketones is 1. The van der Waals surface area contributed by atoms with Crippen LogP contribution in [0.5, 0.6) is 0 Å². The Morgan fingerprint density at radius 2 is 1.77 bits per heavy atom. The number of ether oxygens (including phenoxy) is 1. The SMILES string of the molecule is C#C[C@@](C)(COC(=O)[C@@H]([NH3+])C(C)C)NC(=O)C(=O)c1c(C)c(C(=O)Nc2ccc(F)c(C(F)(F)F)c2)n(C)c1C. The molecule has 2 atom stereocenters. The van der Waals surface area contributed by atoms with Crippen molar-refractivity contribution < 1.29 is 47.2 Å². The molecule has 0 fully saturated rings. The van der Waals surface area contributed by atoms with Gasteiger partial charge in [0.25, 0.3) is 17.6 Å². The second kappa shape index (κ2) is 11.9.